The number of amides is 2. The lowest BCUT2D eigenvalue weighted by molar-refractivity contribution is -0.135. The predicted octanol–water partition coefficient (Wildman–Crippen LogP) is 1.22. The van der Waals surface area contributed by atoms with Gasteiger partial charge in [0, 0.05) is 25.4 Å². The van der Waals surface area contributed by atoms with Gasteiger partial charge in [0.05, 0.1) is 11.0 Å². The summed E-state index contributed by atoms with van der Waals surface area (Å²) in [6.45, 7) is 3.41. The molecule has 27 heavy (non-hydrogen) atoms. The second-order valence-corrected chi connectivity index (χ2v) is 7.23. The lowest BCUT2D eigenvalue weighted by atomic mass is 9.88. The first-order valence-electron chi connectivity index (χ1n) is 9.44. The van der Waals surface area contributed by atoms with E-state index in [9.17, 15) is 18.8 Å². The van der Waals surface area contributed by atoms with Crippen molar-refractivity contribution < 1.29 is 14.0 Å². The zero-order valence-electron chi connectivity index (χ0n) is 15.2. The number of hydrogen-bond acceptors (Lipinski definition) is 4. The van der Waals surface area contributed by atoms with Crippen LogP contribution in [0.2, 0.25) is 0 Å². The number of rotatable bonds is 3. The topological polar surface area (TPSA) is 85.1 Å². The van der Waals surface area contributed by atoms with E-state index < -0.39 is 18.1 Å². The minimum absolute atomic E-state index is 0.199. The molecule has 2 amide bonds. The van der Waals surface area contributed by atoms with Gasteiger partial charge in [-0.2, -0.15) is 0 Å². The van der Waals surface area contributed by atoms with Crippen LogP contribution in [0, 0.1) is 0 Å². The van der Waals surface area contributed by atoms with Crippen LogP contribution in [-0.4, -0.2) is 40.2 Å². The second kappa shape index (κ2) is 6.92. The first-order valence-corrected chi connectivity index (χ1v) is 9.44. The van der Waals surface area contributed by atoms with E-state index in [1.54, 1.807) is 10.6 Å². The minimum Gasteiger partial charge on any atom is -0.314 e. The lowest BCUT2D eigenvalue weighted by Gasteiger charge is -2.27. The van der Waals surface area contributed by atoms with Gasteiger partial charge >= 0.3 is 5.69 Å². The molecule has 0 aliphatic carbocycles. The van der Waals surface area contributed by atoms with Crippen LogP contribution in [0.15, 0.2) is 23.0 Å². The first-order chi connectivity index (χ1) is 13.0. The largest absolute Gasteiger partial charge is 0.329 e. The summed E-state index contributed by atoms with van der Waals surface area (Å²) in [5.74, 6) is -0.963. The molecule has 8 heteroatoms. The molecule has 1 aromatic heterocycles. The van der Waals surface area contributed by atoms with Crippen LogP contribution in [0.1, 0.15) is 43.7 Å². The van der Waals surface area contributed by atoms with E-state index >= 15 is 0 Å². The van der Waals surface area contributed by atoms with Crippen molar-refractivity contribution in [3.8, 4) is 0 Å². The molecular weight excluding hydrogens is 351 g/mol. The summed E-state index contributed by atoms with van der Waals surface area (Å²) in [5, 5.41) is 5.36. The average molecular weight is 374 g/mol. The number of nitrogens with one attached hydrogen (secondary N) is 2. The number of fused-ring (bicyclic) bond motifs is 1. The molecule has 3 heterocycles. The van der Waals surface area contributed by atoms with Gasteiger partial charge < -0.3 is 5.32 Å². The predicted molar refractivity (Wildman–Crippen MR) is 98.4 cm³/mol. The highest BCUT2D eigenvalue weighted by atomic mass is 19.1. The number of halogens is 1. The van der Waals surface area contributed by atoms with Gasteiger partial charge in [-0.1, -0.05) is 6.07 Å². The van der Waals surface area contributed by atoms with Crippen molar-refractivity contribution in [2.24, 2.45) is 0 Å². The Hall–Kier alpha value is -2.48. The van der Waals surface area contributed by atoms with Crippen LogP contribution in [0.5, 0.6) is 0 Å². The number of hydrogen-bond donors (Lipinski definition) is 2. The van der Waals surface area contributed by atoms with Crippen molar-refractivity contribution in [1.82, 2.24) is 19.8 Å². The number of benzene rings is 1. The third kappa shape index (κ3) is 2.97. The zero-order chi connectivity index (χ0) is 19.1. The van der Waals surface area contributed by atoms with E-state index in [0.717, 1.165) is 12.1 Å². The zero-order valence-corrected chi connectivity index (χ0v) is 15.2. The van der Waals surface area contributed by atoms with Crippen molar-refractivity contribution in [2.75, 3.05) is 13.1 Å². The van der Waals surface area contributed by atoms with Gasteiger partial charge in [0.2, 0.25) is 11.8 Å². The Bertz CT molecular complexity index is 964. The highest BCUT2D eigenvalue weighted by Crippen LogP contribution is 2.31. The Morgan fingerprint density at radius 2 is 2.00 bits per heavy atom. The Morgan fingerprint density at radius 3 is 2.70 bits per heavy atom. The van der Waals surface area contributed by atoms with Crippen LogP contribution in [0.3, 0.4) is 0 Å². The molecule has 4 rings (SSSR count). The fourth-order valence-corrected chi connectivity index (χ4v) is 4.26. The third-order valence-corrected chi connectivity index (χ3v) is 5.66. The molecule has 7 nitrogen and oxygen atoms in total. The smallest absolute Gasteiger partial charge is 0.314 e. The summed E-state index contributed by atoms with van der Waals surface area (Å²) in [6.07, 6.45) is 0.251. The van der Waals surface area contributed by atoms with Crippen LogP contribution in [0.25, 0.3) is 11.0 Å². The lowest BCUT2D eigenvalue weighted by Crippen LogP contribution is -2.44. The summed E-state index contributed by atoms with van der Waals surface area (Å²) in [6, 6.07) is 4.83. The highest BCUT2D eigenvalue weighted by Gasteiger charge is 2.32. The standard InChI is InChI=1S/C19H23FN4O3/c1-2-23-16-9-11(12-7-8-21-10-13(12)20)3-4-14(16)24(19(23)27)15-5-6-17(25)22-18(15)26/h3-4,9,12-13,15,21H,2,5-8,10H2,1H3,(H,22,25,26)/t12-,13+,15?/m0/s1. The normalized spacial score (nSPS) is 26.4. The quantitative estimate of drug-likeness (QED) is 0.791. The van der Waals surface area contributed by atoms with E-state index in [2.05, 4.69) is 10.6 Å². The van der Waals surface area contributed by atoms with Crippen LogP contribution >= 0.6 is 0 Å². The molecule has 2 saturated heterocycles. The van der Waals surface area contributed by atoms with E-state index in [0.29, 0.717) is 37.0 Å². The average Bonchev–Trinajstić information content (AvgIpc) is 2.93. The molecule has 0 spiro atoms. The molecule has 2 aliphatic rings. The minimum atomic E-state index is -0.963. The van der Waals surface area contributed by atoms with E-state index in [-0.39, 0.29) is 23.9 Å². The summed E-state index contributed by atoms with van der Waals surface area (Å²) < 4.78 is 17.4. The number of alkyl halides is 1. The molecule has 144 valence electrons. The van der Waals surface area contributed by atoms with Crippen molar-refractivity contribution in [3.63, 3.8) is 0 Å². The number of piperidine rings is 2. The van der Waals surface area contributed by atoms with E-state index in [4.69, 9.17) is 0 Å². The summed E-state index contributed by atoms with van der Waals surface area (Å²) in [7, 11) is 0. The van der Waals surface area contributed by atoms with Crippen LogP contribution in [0.4, 0.5) is 4.39 Å². The number of imide groups is 1. The maximum atomic E-state index is 14.4. The molecule has 2 fully saturated rings. The molecule has 1 unspecified atom stereocenters. The Balaban J connectivity index is 1.82. The number of imidazole rings is 1. The van der Waals surface area contributed by atoms with Gasteiger partial charge in [0.1, 0.15) is 12.2 Å². The number of nitrogens with zero attached hydrogens (tertiary/aromatic N) is 2. The number of carbonyl (C=O) groups is 2. The Labute approximate surface area is 155 Å². The van der Waals surface area contributed by atoms with Crippen molar-refractivity contribution >= 4 is 22.8 Å². The van der Waals surface area contributed by atoms with Crippen LogP contribution in [-0.2, 0) is 16.1 Å². The van der Waals surface area contributed by atoms with E-state index in [1.165, 1.54) is 4.57 Å². The molecule has 2 aliphatic heterocycles. The monoisotopic (exact) mass is 374 g/mol. The molecule has 2 aromatic rings. The second-order valence-electron chi connectivity index (χ2n) is 7.23. The molecular formula is C19H23FN4O3. The van der Waals surface area contributed by atoms with Crippen molar-refractivity contribution in [3.05, 3.63) is 34.2 Å². The van der Waals surface area contributed by atoms with Gasteiger partial charge in [0.25, 0.3) is 0 Å². The summed E-state index contributed by atoms with van der Waals surface area (Å²) >= 11 is 0. The summed E-state index contributed by atoms with van der Waals surface area (Å²) in [4.78, 5) is 36.7. The Kier molecular flexibility index (Phi) is 4.59. The first kappa shape index (κ1) is 17.9. The SMILES string of the molecule is CCn1c(=O)n(C2CCC(=O)NC2=O)c2ccc([C@@H]3CCNC[C@H]3F)cc21. The van der Waals surface area contributed by atoms with Crippen molar-refractivity contribution in [2.45, 2.75) is 50.9 Å². The third-order valence-electron chi connectivity index (χ3n) is 5.66. The fourth-order valence-electron chi connectivity index (χ4n) is 4.26. The molecule has 0 bridgehead atoms. The number of aryl methyl sites for hydroxylation is 1. The molecule has 3 atom stereocenters. The fraction of sp³-hybridized carbons (Fsp3) is 0.526. The maximum Gasteiger partial charge on any atom is 0.329 e. The van der Waals surface area contributed by atoms with Gasteiger partial charge in [-0.05, 0) is 44.0 Å². The molecule has 1 aromatic carbocycles. The van der Waals surface area contributed by atoms with Gasteiger partial charge in [-0.25, -0.2) is 9.18 Å². The van der Waals surface area contributed by atoms with E-state index in [1.807, 2.05) is 19.1 Å². The molecule has 0 saturated carbocycles. The molecule has 0 radical (unpaired) electrons. The number of carbonyl (C=O) groups excluding carboxylic acids is 2. The maximum absolute atomic E-state index is 14.4. The molecule has 2 N–H and O–H groups in total. The Morgan fingerprint density at radius 1 is 1.19 bits per heavy atom. The van der Waals surface area contributed by atoms with Crippen LogP contribution < -0.4 is 16.3 Å². The highest BCUT2D eigenvalue weighted by molar-refractivity contribution is 6.00. The van der Waals surface area contributed by atoms with Gasteiger partial charge in [0.15, 0.2) is 0 Å². The van der Waals surface area contributed by atoms with Crippen molar-refractivity contribution in [1.29, 1.82) is 0 Å². The van der Waals surface area contributed by atoms with Gasteiger partial charge in [-0.15, -0.1) is 0 Å². The number of aromatic nitrogens is 2. The summed E-state index contributed by atoms with van der Waals surface area (Å²) in [5.41, 5.74) is 1.94. The van der Waals surface area contributed by atoms with Gasteiger partial charge in [-0.3, -0.25) is 24.0 Å².